The molecule has 2 aromatic rings. The lowest BCUT2D eigenvalue weighted by atomic mass is 10.2. The highest BCUT2D eigenvalue weighted by Crippen LogP contribution is 2.14. The second-order valence-electron chi connectivity index (χ2n) is 4.02. The highest BCUT2D eigenvalue weighted by molar-refractivity contribution is 7.98. The van der Waals surface area contributed by atoms with E-state index in [-0.39, 0.29) is 0 Å². The first-order valence-electron chi connectivity index (χ1n) is 6.09. The van der Waals surface area contributed by atoms with E-state index in [1.807, 2.05) is 12.1 Å². The molecule has 0 aliphatic heterocycles. The summed E-state index contributed by atoms with van der Waals surface area (Å²) in [7, 11) is 0. The van der Waals surface area contributed by atoms with Gasteiger partial charge in [0.2, 0.25) is 4.77 Å². The Bertz CT molecular complexity index is 610. The van der Waals surface area contributed by atoms with Crippen LogP contribution >= 0.6 is 24.0 Å². The molecule has 0 saturated carbocycles. The molecule has 1 N–H and O–H groups in total. The van der Waals surface area contributed by atoms with Crippen LogP contribution in [0.4, 0.5) is 0 Å². The molecule has 1 aromatic carbocycles. The lowest BCUT2D eigenvalue weighted by molar-refractivity contribution is 0.740. The highest BCUT2D eigenvalue weighted by Gasteiger charge is 2.02. The first kappa shape index (κ1) is 14.0. The van der Waals surface area contributed by atoms with E-state index in [0.29, 0.717) is 4.77 Å². The van der Waals surface area contributed by atoms with Crippen LogP contribution in [-0.4, -0.2) is 27.3 Å². The van der Waals surface area contributed by atoms with Crippen LogP contribution in [0.3, 0.4) is 0 Å². The maximum atomic E-state index is 5.17. The Kier molecular flexibility index (Phi) is 4.93. The third kappa shape index (κ3) is 3.54. The quantitative estimate of drug-likeness (QED) is 0.521. The third-order valence-electron chi connectivity index (χ3n) is 2.63. The number of nitrogens with one attached hydrogen (secondary N) is 1. The van der Waals surface area contributed by atoms with Gasteiger partial charge < -0.3 is 0 Å². The van der Waals surface area contributed by atoms with Gasteiger partial charge in [0.1, 0.15) is 0 Å². The van der Waals surface area contributed by atoms with Crippen LogP contribution in [0.5, 0.6) is 0 Å². The molecule has 0 radical (unpaired) electrons. The standard InChI is InChI=1S/C13H16N4S2/c1-3-4-12-15-16-13(18)17(12)14-9-10-5-7-11(19-2)8-6-10/h5-9H,3-4H2,1-2H3,(H,16,18)/b14-9+. The Balaban J connectivity index is 2.21. The van der Waals surface area contributed by atoms with Crippen molar-refractivity contribution in [3.63, 3.8) is 0 Å². The zero-order valence-corrected chi connectivity index (χ0v) is 12.6. The minimum atomic E-state index is 0.528. The largest absolute Gasteiger partial charge is 0.250 e. The van der Waals surface area contributed by atoms with Crippen molar-refractivity contribution < 1.29 is 0 Å². The molecule has 0 spiro atoms. The molecular weight excluding hydrogens is 276 g/mol. The average molecular weight is 292 g/mol. The van der Waals surface area contributed by atoms with Gasteiger partial charge in [-0.2, -0.15) is 14.9 Å². The molecule has 0 unspecified atom stereocenters. The fourth-order valence-corrected chi connectivity index (χ4v) is 2.25. The van der Waals surface area contributed by atoms with Gasteiger partial charge in [0, 0.05) is 11.3 Å². The minimum Gasteiger partial charge on any atom is -0.250 e. The molecule has 0 bridgehead atoms. The van der Waals surface area contributed by atoms with Crippen molar-refractivity contribution in [1.82, 2.24) is 14.9 Å². The van der Waals surface area contributed by atoms with Gasteiger partial charge >= 0.3 is 0 Å². The summed E-state index contributed by atoms with van der Waals surface area (Å²) in [6, 6.07) is 8.23. The molecule has 6 heteroatoms. The Hall–Kier alpha value is -1.40. The van der Waals surface area contributed by atoms with Crippen molar-refractivity contribution in [1.29, 1.82) is 0 Å². The van der Waals surface area contributed by atoms with Crippen LogP contribution in [0.15, 0.2) is 34.3 Å². The molecule has 2 rings (SSSR count). The maximum absolute atomic E-state index is 5.17. The van der Waals surface area contributed by atoms with Crippen LogP contribution in [-0.2, 0) is 6.42 Å². The van der Waals surface area contributed by atoms with Crippen LogP contribution < -0.4 is 0 Å². The fraction of sp³-hybridized carbons (Fsp3) is 0.308. The van der Waals surface area contributed by atoms with Gasteiger partial charge in [-0.1, -0.05) is 19.1 Å². The predicted octanol–water partition coefficient (Wildman–Crippen LogP) is 3.50. The number of aromatic nitrogens is 3. The van der Waals surface area contributed by atoms with E-state index < -0.39 is 0 Å². The van der Waals surface area contributed by atoms with Gasteiger partial charge in [-0.05, 0) is 42.6 Å². The zero-order valence-electron chi connectivity index (χ0n) is 11.0. The molecule has 0 amide bonds. The number of aromatic amines is 1. The molecule has 1 heterocycles. The van der Waals surface area contributed by atoms with Gasteiger partial charge in [0.05, 0.1) is 6.21 Å². The molecule has 19 heavy (non-hydrogen) atoms. The summed E-state index contributed by atoms with van der Waals surface area (Å²) in [6.07, 6.45) is 5.73. The molecule has 4 nitrogen and oxygen atoms in total. The molecule has 0 fully saturated rings. The van der Waals surface area contributed by atoms with Gasteiger partial charge in [-0.25, -0.2) is 0 Å². The molecule has 0 aliphatic rings. The van der Waals surface area contributed by atoms with Gasteiger partial charge in [-0.15, -0.1) is 11.8 Å². The van der Waals surface area contributed by atoms with Gasteiger partial charge in [-0.3, -0.25) is 5.10 Å². The lowest BCUT2D eigenvalue weighted by Gasteiger charge is -1.99. The van der Waals surface area contributed by atoms with Crippen molar-refractivity contribution in [3.05, 3.63) is 40.4 Å². The Morgan fingerprint density at radius 3 is 2.79 bits per heavy atom. The number of nitrogens with zero attached hydrogens (tertiary/aromatic N) is 3. The molecule has 0 aliphatic carbocycles. The van der Waals surface area contributed by atoms with E-state index in [4.69, 9.17) is 12.2 Å². The van der Waals surface area contributed by atoms with E-state index in [1.165, 1.54) is 4.90 Å². The molecule has 0 atom stereocenters. The second-order valence-corrected chi connectivity index (χ2v) is 5.29. The number of hydrogen-bond donors (Lipinski definition) is 1. The maximum Gasteiger partial charge on any atom is 0.216 e. The summed E-state index contributed by atoms with van der Waals surface area (Å²) >= 11 is 6.89. The smallest absolute Gasteiger partial charge is 0.216 e. The number of hydrogen-bond acceptors (Lipinski definition) is 4. The number of aryl methyl sites for hydroxylation is 1. The molecule has 1 aromatic heterocycles. The number of H-pyrrole nitrogens is 1. The summed E-state index contributed by atoms with van der Waals surface area (Å²) < 4.78 is 2.21. The SMILES string of the molecule is CCCc1n[nH]c(=S)n1/N=C/c1ccc(SC)cc1. The van der Waals surface area contributed by atoms with Crippen molar-refractivity contribution in [2.75, 3.05) is 6.26 Å². The zero-order chi connectivity index (χ0) is 13.7. The first-order valence-corrected chi connectivity index (χ1v) is 7.72. The van der Waals surface area contributed by atoms with E-state index in [9.17, 15) is 0 Å². The van der Waals surface area contributed by atoms with Crippen molar-refractivity contribution >= 4 is 30.2 Å². The monoisotopic (exact) mass is 292 g/mol. The topological polar surface area (TPSA) is 46.0 Å². The summed E-state index contributed by atoms with van der Waals surface area (Å²) in [5, 5.41) is 11.3. The van der Waals surface area contributed by atoms with Crippen LogP contribution in [0, 0.1) is 4.77 Å². The minimum absolute atomic E-state index is 0.528. The van der Waals surface area contributed by atoms with Crippen LogP contribution in [0.2, 0.25) is 0 Å². The van der Waals surface area contributed by atoms with Gasteiger partial charge in [0.25, 0.3) is 0 Å². The first-order chi connectivity index (χ1) is 9.24. The Morgan fingerprint density at radius 1 is 1.42 bits per heavy atom. The Labute approximate surface area is 121 Å². The lowest BCUT2D eigenvalue weighted by Crippen LogP contribution is -1.98. The summed E-state index contributed by atoms with van der Waals surface area (Å²) in [5.41, 5.74) is 1.04. The van der Waals surface area contributed by atoms with E-state index in [2.05, 4.69) is 40.6 Å². The predicted molar refractivity (Wildman–Crippen MR) is 82.6 cm³/mol. The number of benzene rings is 1. The van der Waals surface area contributed by atoms with Crippen molar-refractivity contribution in [2.24, 2.45) is 5.10 Å². The average Bonchev–Trinajstić information content (AvgIpc) is 2.78. The summed E-state index contributed by atoms with van der Waals surface area (Å²) in [6.45, 7) is 2.10. The van der Waals surface area contributed by atoms with Crippen LogP contribution in [0.25, 0.3) is 0 Å². The molecule has 100 valence electrons. The molecule has 0 saturated heterocycles. The molecular formula is C13H16N4S2. The summed E-state index contributed by atoms with van der Waals surface area (Å²) in [5.74, 6) is 0.865. The van der Waals surface area contributed by atoms with Gasteiger partial charge in [0.15, 0.2) is 5.82 Å². The van der Waals surface area contributed by atoms with Crippen LogP contribution in [0.1, 0.15) is 24.7 Å². The van der Waals surface area contributed by atoms with E-state index >= 15 is 0 Å². The Morgan fingerprint density at radius 2 is 2.16 bits per heavy atom. The number of rotatable bonds is 5. The van der Waals surface area contributed by atoms with Crippen molar-refractivity contribution in [3.8, 4) is 0 Å². The second kappa shape index (κ2) is 6.68. The fourth-order valence-electron chi connectivity index (χ4n) is 1.64. The normalized spacial score (nSPS) is 11.3. The highest BCUT2D eigenvalue weighted by atomic mass is 32.2. The third-order valence-corrected chi connectivity index (χ3v) is 3.64. The summed E-state index contributed by atoms with van der Waals surface area (Å²) in [4.78, 5) is 1.24. The number of thioether (sulfide) groups is 1. The van der Waals surface area contributed by atoms with Crippen molar-refractivity contribution in [2.45, 2.75) is 24.7 Å². The van der Waals surface area contributed by atoms with E-state index in [0.717, 1.165) is 24.2 Å². The van der Waals surface area contributed by atoms with E-state index in [1.54, 1.807) is 22.7 Å².